The zero-order chi connectivity index (χ0) is 6.95. The van der Waals surface area contributed by atoms with E-state index in [0.29, 0.717) is 0 Å². The van der Waals surface area contributed by atoms with Gasteiger partial charge in [-0.1, -0.05) is 6.08 Å². The summed E-state index contributed by atoms with van der Waals surface area (Å²) in [4.78, 5) is 0. The molecule has 0 spiro atoms. The minimum absolute atomic E-state index is 0.920. The Bertz CT molecular complexity index is 61.9. The van der Waals surface area contributed by atoms with E-state index >= 15 is 0 Å². The molecule has 2 heteroatoms. The van der Waals surface area contributed by atoms with Gasteiger partial charge in [0.05, 0.1) is 0 Å². The number of hydrogen-bond acceptors (Lipinski definition) is 2. The molecule has 0 aromatic heterocycles. The van der Waals surface area contributed by atoms with Gasteiger partial charge < -0.3 is 10.6 Å². The van der Waals surface area contributed by atoms with Crippen molar-refractivity contribution in [3.63, 3.8) is 0 Å². The third-order valence-electron chi connectivity index (χ3n) is 1.07. The first-order chi connectivity index (χ1) is 4.41. The monoisotopic (exact) mass is 128 g/mol. The van der Waals surface area contributed by atoms with Gasteiger partial charge in [-0.15, -0.1) is 6.58 Å². The molecule has 2 nitrogen and oxygen atoms in total. The van der Waals surface area contributed by atoms with Crippen molar-refractivity contribution in [1.82, 2.24) is 10.6 Å². The fraction of sp³-hybridized carbons (Fsp3) is 0.714. The minimum atomic E-state index is 0.920. The molecule has 0 aromatic carbocycles. The van der Waals surface area contributed by atoms with Crippen LogP contribution >= 0.6 is 0 Å². The maximum absolute atomic E-state index is 3.60. The van der Waals surface area contributed by atoms with E-state index in [0.717, 1.165) is 19.6 Å². The minimum Gasteiger partial charge on any atom is -0.320 e. The van der Waals surface area contributed by atoms with Crippen molar-refractivity contribution in [3.05, 3.63) is 12.7 Å². The normalized spacial score (nSPS) is 9.44. The summed E-state index contributed by atoms with van der Waals surface area (Å²) in [7, 11) is 1.97. The molecule has 0 radical (unpaired) electrons. The van der Waals surface area contributed by atoms with Crippen LogP contribution in [0.3, 0.4) is 0 Å². The molecule has 0 saturated heterocycles. The summed E-state index contributed by atoms with van der Waals surface area (Å²) in [5, 5.41) is 6.29. The molecule has 0 bridgehead atoms. The standard InChI is InChI=1S/C7H16N2/c1-3-5-9-7-4-6-8-2/h3,8-9H,1,4-7H2,2H3. The Morgan fingerprint density at radius 1 is 1.44 bits per heavy atom. The average molecular weight is 128 g/mol. The number of hydrogen-bond donors (Lipinski definition) is 2. The molecule has 54 valence electrons. The summed E-state index contributed by atoms with van der Waals surface area (Å²) in [6.07, 6.45) is 3.06. The Labute approximate surface area is 57.3 Å². The predicted molar refractivity (Wildman–Crippen MR) is 41.6 cm³/mol. The Kier molecular flexibility index (Phi) is 7.37. The Morgan fingerprint density at radius 3 is 2.78 bits per heavy atom. The lowest BCUT2D eigenvalue weighted by atomic mass is 10.4. The van der Waals surface area contributed by atoms with Crippen molar-refractivity contribution in [1.29, 1.82) is 0 Å². The lowest BCUT2D eigenvalue weighted by Crippen LogP contribution is -2.19. The average Bonchev–Trinajstić information content (AvgIpc) is 1.89. The molecule has 0 saturated carbocycles. The van der Waals surface area contributed by atoms with Gasteiger partial charge in [-0.25, -0.2) is 0 Å². The van der Waals surface area contributed by atoms with Crippen LogP contribution in [0, 0.1) is 0 Å². The molecule has 0 atom stereocenters. The first-order valence-electron chi connectivity index (χ1n) is 3.38. The second-order valence-corrected chi connectivity index (χ2v) is 1.95. The second-order valence-electron chi connectivity index (χ2n) is 1.95. The molecule has 0 unspecified atom stereocenters. The fourth-order valence-corrected chi connectivity index (χ4v) is 0.594. The highest BCUT2D eigenvalue weighted by atomic mass is 14.9. The summed E-state index contributed by atoms with van der Waals surface area (Å²) in [6, 6.07) is 0. The van der Waals surface area contributed by atoms with Gasteiger partial charge in [-0.3, -0.25) is 0 Å². The zero-order valence-corrected chi connectivity index (χ0v) is 6.11. The van der Waals surface area contributed by atoms with Crippen molar-refractivity contribution in [2.45, 2.75) is 6.42 Å². The second kappa shape index (κ2) is 7.66. The van der Waals surface area contributed by atoms with Crippen LogP contribution in [0.5, 0.6) is 0 Å². The highest BCUT2D eigenvalue weighted by Crippen LogP contribution is 1.70. The van der Waals surface area contributed by atoms with Crippen LogP contribution in [0.1, 0.15) is 6.42 Å². The molecule has 0 amide bonds. The van der Waals surface area contributed by atoms with E-state index in [-0.39, 0.29) is 0 Å². The van der Waals surface area contributed by atoms with E-state index in [1.54, 1.807) is 0 Å². The van der Waals surface area contributed by atoms with Gasteiger partial charge in [-0.05, 0) is 26.6 Å². The van der Waals surface area contributed by atoms with Gasteiger partial charge in [0.2, 0.25) is 0 Å². The summed E-state index contributed by atoms with van der Waals surface area (Å²) in [5.74, 6) is 0. The summed E-state index contributed by atoms with van der Waals surface area (Å²) < 4.78 is 0. The van der Waals surface area contributed by atoms with Crippen LogP contribution in [0.2, 0.25) is 0 Å². The van der Waals surface area contributed by atoms with Crippen LogP contribution < -0.4 is 10.6 Å². The van der Waals surface area contributed by atoms with Gasteiger partial charge in [0.25, 0.3) is 0 Å². The Hall–Kier alpha value is -0.340. The third kappa shape index (κ3) is 7.66. The molecule has 0 rings (SSSR count). The van der Waals surface area contributed by atoms with Gasteiger partial charge in [0.15, 0.2) is 0 Å². The smallest absolute Gasteiger partial charge is 0.0132 e. The lowest BCUT2D eigenvalue weighted by Gasteiger charge is -1.99. The van der Waals surface area contributed by atoms with Gasteiger partial charge >= 0.3 is 0 Å². The molecule has 9 heavy (non-hydrogen) atoms. The maximum atomic E-state index is 3.60. The molecule has 0 aromatic rings. The third-order valence-corrected chi connectivity index (χ3v) is 1.07. The molecule has 0 heterocycles. The van der Waals surface area contributed by atoms with Gasteiger partial charge in [-0.2, -0.15) is 0 Å². The first kappa shape index (κ1) is 8.66. The zero-order valence-electron chi connectivity index (χ0n) is 6.11. The van der Waals surface area contributed by atoms with E-state index < -0.39 is 0 Å². The Balaban J connectivity index is 2.66. The highest BCUT2D eigenvalue weighted by Gasteiger charge is 1.81. The van der Waals surface area contributed by atoms with Crippen LogP contribution in [0.4, 0.5) is 0 Å². The predicted octanol–water partition coefficient (Wildman–Crippen LogP) is 0.371. The van der Waals surface area contributed by atoms with Crippen molar-refractivity contribution in [2.24, 2.45) is 0 Å². The molecule has 0 aliphatic heterocycles. The lowest BCUT2D eigenvalue weighted by molar-refractivity contribution is 0.656. The topological polar surface area (TPSA) is 24.1 Å². The molecule has 2 N–H and O–H groups in total. The van der Waals surface area contributed by atoms with Crippen LogP contribution in [0.25, 0.3) is 0 Å². The number of rotatable bonds is 6. The van der Waals surface area contributed by atoms with Crippen molar-refractivity contribution >= 4 is 0 Å². The molecule has 0 aliphatic rings. The van der Waals surface area contributed by atoms with Gasteiger partial charge in [0.1, 0.15) is 0 Å². The molecular weight excluding hydrogens is 112 g/mol. The van der Waals surface area contributed by atoms with E-state index in [1.807, 2.05) is 13.1 Å². The van der Waals surface area contributed by atoms with Crippen LogP contribution in [0.15, 0.2) is 12.7 Å². The fourth-order valence-electron chi connectivity index (χ4n) is 0.594. The van der Waals surface area contributed by atoms with Gasteiger partial charge in [0, 0.05) is 6.54 Å². The van der Waals surface area contributed by atoms with Crippen molar-refractivity contribution in [2.75, 3.05) is 26.7 Å². The van der Waals surface area contributed by atoms with E-state index in [9.17, 15) is 0 Å². The number of nitrogens with one attached hydrogen (secondary N) is 2. The van der Waals surface area contributed by atoms with Crippen molar-refractivity contribution in [3.8, 4) is 0 Å². The maximum Gasteiger partial charge on any atom is 0.0132 e. The quantitative estimate of drug-likeness (QED) is 0.399. The van der Waals surface area contributed by atoms with E-state index in [2.05, 4.69) is 17.2 Å². The van der Waals surface area contributed by atoms with Crippen molar-refractivity contribution < 1.29 is 0 Å². The molecule has 0 fully saturated rings. The SMILES string of the molecule is C=CCNCCCNC. The Morgan fingerprint density at radius 2 is 2.22 bits per heavy atom. The molecule has 0 aliphatic carbocycles. The van der Waals surface area contributed by atoms with E-state index in [1.165, 1.54) is 6.42 Å². The largest absolute Gasteiger partial charge is 0.320 e. The summed E-state index contributed by atoms with van der Waals surface area (Å²) in [6.45, 7) is 6.68. The van der Waals surface area contributed by atoms with Crippen LogP contribution in [-0.2, 0) is 0 Å². The first-order valence-corrected chi connectivity index (χ1v) is 3.38. The van der Waals surface area contributed by atoms with Crippen LogP contribution in [-0.4, -0.2) is 26.7 Å². The molecular formula is C7H16N2. The van der Waals surface area contributed by atoms with E-state index in [4.69, 9.17) is 0 Å². The summed E-state index contributed by atoms with van der Waals surface area (Å²) >= 11 is 0. The summed E-state index contributed by atoms with van der Waals surface area (Å²) in [5.41, 5.74) is 0. The highest BCUT2D eigenvalue weighted by molar-refractivity contribution is 4.69.